The van der Waals surface area contributed by atoms with Gasteiger partial charge in [-0.15, -0.1) is 0 Å². The lowest BCUT2D eigenvalue weighted by Gasteiger charge is -2.11. The summed E-state index contributed by atoms with van der Waals surface area (Å²) in [6.07, 6.45) is 0.274. The molecule has 1 unspecified atom stereocenters. The number of hydrogen-bond donors (Lipinski definition) is 2. The lowest BCUT2D eigenvalue weighted by Crippen LogP contribution is -2.40. The van der Waals surface area contributed by atoms with Gasteiger partial charge in [-0.2, -0.15) is 0 Å². The molecule has 0 bridgehead atoms. The topological polar surface area (TPSA) is 66.4 Å². The van der Waals surface area contributed by atoms with E-state index in [0.717, 1.165) is 6.07 Å². The van der Waals surface area contributed by atoms with Crippen LogP contribution in [0.15, 0.2) is 24.3 Å². The number of nitrogens with one attached hydrogen (secondary N) is 1. The molecule has 16 heavy (non-hydrogen) atoms. The molecule has 0 aliphatic carbocycles. The fraction of sp³-hybridized carbons (Fsp3) is 0.273. The molecule has 0 saturated heterocycles. The van der Waals surface area contributed by atoms with Crippen LogP contribution in [0.5, 0.6) is 0 Å². The van der Waals surface area contributed by atoms with Gasteiger partial charge in [0.15, 0.2) is 0 Å². The maximum atomic E-state index is 12.8. The second-order valence-corrected chi connectivity index (χ2v) is 3.28. The van der Waals surface area contributed by atoms with Crippen molar-refractivity contribution < 1.29 is 19.1 Å². The molecule has 0 aliphatic rings. The standard InChI is InChI=1S/C11H12FNO3/c1-2-9(11(15)16)13-10(14)7-4-3-5-8(12)6-7/h3-6,9H,2H2,1H3,(H,13,14)(H,15,16). The minimum atomic E-state index is -1.10. The highest BCUT2D eigenvalue weighted by atomic mass is 19.1. The van der Waals surface area contributed by atoms with Gasteiger partial charge < -0.3 is 10.4 Å². The number of hydrogen-bond acceptors (Lipinski definition) is 2. The zero-order valence-corrected chi connectivity index (χ0v) is 8.74. The average Bonchev–Trinajstić information content (AvgIpc) is 2.25. The number of carboxylic acid groups (broad SMARTS) is 1. The van der Waals surface area contributed by atoms with Crippen molar-refractivity contribution in [3.8, 4) is 0 Å². The molecule has 4 nitrogen and oxygen atoms in total. The zero-order chi connectivity index (χ0) is 12.1. The van der Waals surface area contributed by atoms with Gasteiger partial charge in [-0.25, -0.2) is 9.18 Å². The van der Waals surface area contributed by atoms with E-state index in [0.29, 0.717) is 0 Å². The second-order valence-electron chi connectivity index (χ2n) is 3.28. The highest BCUT2D eigenvalue weighted by Crippen LogP contribution is 2.04. The van der Waals surface area contributed by atoms with Gasteiger partial charge in [0.2, 0.25) is 0 Å². The fourth-order valence-corrected chi connectivity index (χ4v) is 1.21. The molecule has 1 aromatic rings. The van der Waals surface area contributed by atoms with Gasteiger partial charge in [0.25, 0.3) is 5.91 Å². The molecule has 1 rings (SSSR count). The third-order valence-corrected chi connectivity index (χ3v) is 2.10. The Morgan fingerprint density at radius 1 is 1.50 bits per heavy atom. The van der Waals surface area contributed by atoms with Crippen molar-refractivity contribution in [3.05, 3.63) is 35.6 Å². The Bertz CT molecular complexity index is 406. The van der Waals surface area contributed by atoms with E-state index in [4.69, 9.17) is 5.11 Å². The smallest absolute Gasteiger partial charge is 0.326 e. The lowest BCUT2D eigenvalue weighted by atomic mass is 10.1. The molecular formula is C11H12FNO3. The van der Waals surface area contributed by atoms with Crippen LogP contribution in [-0.4, -0.2) is 23.0 Å². The Kier molecular flexibility index (Phi) is 3.99. The summed E-state index contributed by atoms with van der Waals surface area (Å²) in [6.45, 7) is 1.64. The Morgan fingerprint density at radius 3 is 2.69 bits per heavy atom. The van der Waals surface area contributed by atoms with Crippen molar-refractivity contribution in [3.63, 3.8) is 0 Å². The third-order valence-electron chi connectivity index (χ3n) is 2.10. The van der Waals surface area contributed by atoms with Crippen LogP contribution in [0.2, 0.25) is 0 Å². The van der Waals surface area contributed by atoms with Crippen molar-refractivity contribution in [1.29, 1.82) is 0 Å². The van der Waals surface area contributed by atoms with Gasteiger partial charge in [0, 0.05) is 5.56 Å². The largest absolute Gasteiger partial charge is 0.480 e. The van der Waals surface area contributed by atoms with E-state index in [1.54, 1.807) is 6.92 Å². The van der Waals surface area contributed by atoms with Gasteiger partial charge in [-0.05, 0) is 24.6 Å². The molecule has 0 aliphatic heterocycles. The number of rotatable bonds is 4. The minimum Gasteiger partial charge on any atom is -0.480 e. The van der Waals surface area contributed by atoms with Crippen molar-refractivity contribution in [2.45, 2.75) is 19.4 Å². The average molecular weight is 225 g/mol. The quantitative estimate of drug-likeness (QED) is 0.814. The van der Waals surface area contributed by atoms with Crippen LogP contribution in [0.25, 0.3) is 0 Å². The molecule has 0 heterocycles. The van der Waals surface area contributed by atoms with E-state index in [1.807, 2.05) is 0 Å². The minimum absolute atomic E-state index is 0.111. The van der Waals surface area contributed by atoms with E-state index < -0.39 is 23.7 Å². The second kappa shape index (κ2) is 5.25. The summed E-state index contributed by atoms with van der Waals surface area (Å²) < 4.78 is 12.8. The first-order chi connectivity index (χ1) is 7.54. The number of carbonyl (C=O) groups is 2. The monoisotopic (exact) mass is 225 g/mol. The van der Waals surface area contributed by atoms with Gasteiger partial charge >= 0.3 is 5.97 Å². The summed E-state index contributed by atoms with van der Waals surface area (Å²) in [5.74, 6) is -2.22. The molecule has 0 spiro atoms. The number of halogens is 1. The molecule has 1 amide bonds. The van der Waals surface area contributed by atoms with Crippen molar-refractivity contribution >= 4 is 11.9 Å². The molecule has 1 aromatic carbocycles. The van der Waals surface area contributed by atoms with Crippen molar-refractivity contribution in [2.75, 3.05) is 0 Å². The van der Waals surface area contributed by atoms with Crippen LogP contribution < -0.4 is 5.32 Å². The maximum absolute atomic E-state index is 12.8. The van der Waals surface area contributed by atoms with Crippen LogP contribution in [0.1, 0.15) is 23.7 Å². The number of amides is 1. The SMILES string of the molecule is CCC(NC(=O)c1cccc(F)c1)C(=O)O. The molecular weight excluding hydrogens is 213 g/mol. The Balaban J connectivity index is 2.75. The Labute approximate surface area is 92.1 Å². The highest BCUT2D eigenvalue weighted by Gasteiger charge is 2.18. The van der Waals surface area contributed by atoms with E-state index in [2.05, 4.69) is 5.32 Å². The zero-order valence-electron chi connectivity index (χ0n) is 8.74. The molecule has 5 heteroatoms. The number of carboxylic acids is 1. The van der Waals surface area contributed by atoms with Crippen LogP contribution >= 0.6 is 0 Å². The van der Waals surface area contributed by atoms with Crippen LogP contribution in [-0.2, 0) is 4.79 Å². The third kappa shape index (κ3) is 3.05. The molecule has 0 saturated carbocycles. The summed E-state index contributed by atoms with van der Waals surface area (Å²) in [5, 5.41) is 11.0. The van der Waals surface area contributed by atoms with E-state index in [9.17, 15) is 14.0 Å². The number of aliphatic carboxylic acids is 1. The fourth-order valence-electron chi connectivity index (χ4n) is 1.21. The Morgan fingerprint density at radius 2 is 2.19 bits per heavy atom. The molecule has 0 aromatic heterocycles. The number of carbonyl (C=O) groups excluding carboxylic acids is 1. The summed E-state index contributed by atoms with van der Waals surface area (Å²) in [5.41, 5.74) is 0.111. The lowest BCUT2D eigenvalue weighted by molar-refractivity contribution is -0.139. The van der Waals surface area contributed by atoms with E-state index in [-0.39, 0.29) is 12.0 Å². The van der Waals surface area contributed by atoms with Crippen LogP contribution in [0, 0.1) is 5.82 Å². The van der Waals surface area contributed by atoms with Crippen molar-refractivity contribution in [2.24, 2.45) is 0 Å². The van der Waals surface area contributed by atoms with Crippen molar-refractivity contribution in [1.82, 2.24) is 5.32 Å². The summed E-state index contributed by atoms with van der Waals surface area (Å²) >= 11 is 0. The first kappa shape index (κ1) is 12.2. The van der Waals surface area contributed by atoms with Gasteiger partial charge in [-0.3, -0.25) is 4.79 Å². The highest BCUT2D eigenvalue weighted by molar-refractivity contribution is 5.96. The molecule has 1 atom stereocenters. The molecule has 0 fully saturated rings. The first-order valence-electron chi connectivity index (χ1n) is 4.83. The van der Waals surface area contributed by atoms with E-state index >= 15 is 0 Å². The summed E-state index contributed by atoms with van der Waals surface area (Å²) in [4.78, 5) is 22.2. The molecule has 0 radical (unpaired) electrons. The van der Waals surface area contributed by atoms with Gasteiger partial charge in [0.1, 0.15) is 11.9 Å². The van der Waals surface area contributed by atoms with Gasteiger partial charge in [0.05, 0.1) is 0 Å². The summed E-state index contributed by atoms with van der Waals surface area (Å²) in [7, 11) is 0. The van der Waals surface area contributed by atoms with Gasteiger partial charge in [-0.1, -0.05) is 13.0 Å². The predicted octanol–water partition coefficient (Wildman–Crippen LogP) is 1.42. The Hall–Kier alpha value is -1.91. The van der Waals surface area contributed by atoms with Crippen LogP contribution in [0.4, 0.5) is 4.39 Å². The van der Waals surface area contributed by atoms with Crippen LogP contribution in [0.3, 0.4) is 0 Å². The number of benzene rings is 1. The molecule has 2 N–H and O–H groups in total. The molecule has 86 valence electrons. The normalized spacial score (nSPS) is 11.9. The maximum Gasteiger partial charge on any atom is 0.326 e. The first-order valence-corrected chi connectivity index (χ1v) is 4.83. The van der Waals surface area contributed by atoms with E-state index in [1.165, 1.54) is 18.2 Å². The summed E-state index contributed by atoms with van der Waals surface area (Å²) in [6, 6.07) is 4.14. The predicted molar refractivity (Wildman–Crippen MR) is 55.6 cm³/mol.